The Balaban J connectivity index is 2.08. The smallest absolute Gasteiger partial charge is 0.202 e. The van der Waals surface area contributed by atoms with E-state index in [9.17, 15) is 4.79 Å². The summed E-state index contributed by atoms with van der Waals surface area (Å²) in [6.07, 6.45) is 1.22. The molecule has 0 atom stereocenters. The Labute approximate surface area is 101 Å². The first-order valence-electron chi connectivity index (χ1n) is 5.86. The van der Waals surface area contributed by atoms with Crippen LogP contribution in [-0.2, 0) is 12.8 Å². The third kappa shape index (κ3) is 2.84. The molecule has 0 saturated heterocycles. The van der Waals surface area contributed by atoms with Crippen molar-refractivity contribution >= 4 is 5.78 Å². The third-order valence-corrected chi connectivity index (χ3v) is 2.77. The van der Waals surface area contributed by atoms with Crippen LogP contribution in [0.2, 0.25) is 0 Å². The van der Waals surface area contributed by atoms with Crippen LogP contribution in [0, 0.1) is 6.92 Å². The number of hydrogen-bond donors (Lipinski definition) is 0. The summed E-state index contributed by atoms with van der Waals surface area (Å²) in [5, 5.41) is 0. The van der Waals surface area contributed by atoms with E-state index in [2.05, 4.69) is 0 Å². The van der Waals surface area contributed by atoms with Crippen molar-refractivity contribution in [2.24, 2.45) is 0 Å². The standard InChI is InChI=1S/C15H16O2/c1-3-13-8-9-15(17-13)14(16)10-12-6-4-11(2)5-7-12/h4-9H,3,10H2,1-2H3. The molecule has 2 heteroatoms. The van der Waals surface area contributed by atoms with E-state index in [-0.39, 0.29) is 5.78 Å². The quantitative estimate of drug-likeness (QED) is 0.749. The molecule has 1 heterocycles. The number of ketones is 1. The lowest BCUT2D eigenvalue weighted by molar-refractivity contribution is 0.0965. The number of benzene rings is 1. The van der Waals surface area contributed by atoms with E-state index in [4.69, 9.17) is 4.42 Å². The summed E-state index contributed by atoms with van der Waals surface area (Å²) in [7, 11) is 0. The van der Waals surface area contributed by atoms with E-state index in [0.29, 0.717) is 12.2 Å². The van der Waals surface area contributed by atoms with Gasteiger partial charge in [-0.1, -0.05) is 36.8 Å². The van der Waals surface area contributed by atoms with Gasteiger partial charge in [-0.3, -0.25) is 4.79 Å². The average molecular weight is 228 g/mol. The maximum atomic E-state index is 11.9. The van der Waals surface area contributed by atoms with Gasteiger partial charge < -0.3 is 4.42 Å². The van der Waals surface area contributed by atoms with E-state index in [1.807, 2.05) is 44.2 Å². The highest BCUT2D eigenvalue weighted by molar-refractivity contribution is 5.95. The molecule has 1 aromatic heterocycles. The Hall–Kier alpha value is -1.83. The van der Waals surface area contributed by atoms with E-state index >= 15 is 0 Å². The summed E-state index contributed by atoms with van der Waals surface area (Å²) in [6, 6.07) is 11.6. The summed E-state index contributed by atoms with van der Waals surface area (Å²) >= 11 is 0. The zero-order valence-corrected chi connectivity index (χ0v) is 10.2. The van der Waals surface area contributed by atoms with Crippen LogP contribution in [-0.4, -0.2) is 5.78 Å². The van der Waals surface area contributed by atoms with Gasteiger partial charge in [0.15, 0.2) is 5.76 Å². The van der Waals surface area contributed by atoms with Gasteiger partial charge in [0.2, 0.25) is 5.78 Å². The maximum absolute atomic E-state index is 11.9. The van der Waals surface area contributed by atoms with Crippen LogP contribution in [0.25, 0.3) is 0 Å². The molecule has 0 fully saturated rings. The van der Waals surface area contributed by atoms with Crippen molar-refractivity contribution in [3.05, 3.63) is 59.0 Å². The Kier molecular flexibility index (Phi) is 3.43. The number of carbonyl (C=O) groups excluding carboxylic acids is 1. The normalized spacial score (nSPS) is 10.5. The molecule has 88 valence electrons. The zero-order chi connectivity index (χ0) is 12.3. The third-order valence-electron chi connectivity index (χ3n) is 2.77. The summed E-state index contributed by atoms with van der Waals surface area (Å²) < 4.78 is 5.44. The Morgan fingerprint density at radius 1 is 1.12 bits per heavy atom. The predicted molar refractivity (Wildman–Crippen MR) is 67.3 cm³/mol. The molecule has 0 aliphatic heterocycles. The minimum absolute atomic E-state index is 0.0357. The van der Waals surface area contributed by atoms with Crippen LogP contribution in [0.5, 0.6) is 0 Å². The molecule has 17 heavy (non-hydrogen) atoms. The lowest BCUT2D eigenvalue weighted by Crippen LogP contribution is -2.01. The van der Waals surface area contributed by atoms with Gasteiger partial charge in [0, 0.05) is 12.8 Å². The Bertz CT molecular complexity index is 506. The molecular formula is C15H16O2. The SMILES string of the molecule is CCc1ccc(C(=O)Cc2ccc(C)cc2)o1. The minimum atomic E-state index is 0.0357. The number of Topliss-reactive ketones (excluding diaryl/α,β-unsaturated/α-hetero) is 1. The summed E-state index contributed by atoms with van der Waals surface area (Å²) in [6.45, 7) is 4.04. The van der Waals surface area contributed by atoms with Crippen molar-refractivity contribution in [3.8, 4) is 0 Å². The van der Waals surface area contributed by atoms with Crippen LogP contribution in [0.15, 0.2) is 40.8 Å². The summed E-state index contributed by atoms with van der Waals surface area (Å²) in [4.78, 5) is 11.9. The largest absolute Gasteiger partial charge is 0.458 e. The van der Waals surface area contributed by atoms with Gasteiger partial charge in [-0.15, -0.1) is 0 Å². The van der Waals surface area contributed by atoms with E-state index in [0.717, 1.165) is 17.7 Å². The van der Waals surface area contributed by atoms with Gasteiger partial charge in [0.25, 0.3) is 0 Å². The highest BCUT2D eigenvalue weighted by Crippen LogP contribution is 2.12. The van der Waals surface area contributed by atoms with Crippen molar-refractivity contribution in [1.29, 1.82) is 0 Å². The van der Waals surface area contributed by atoms with Crippen molar-refractivity contribution in [3.63, 3.8) is 0 Å². The first-order valence-corrected chi connectivity index (χ1v) is 5.86. The second kappa shape index (κ2) is 5.00. The Morgan fingerprint density at radius 2 is 1.82 bits per heavy atom. The number of hydrogen-bond acceptors (Lipinski definition) is 2. The fourth-order valence-corrected chi connectivity index (χ4v) is 1.70. The fraction of sp³-hybridized carbons (Fsp3) is 0.267. The van der Waals surface area contributed by atoms with Crippen LogP contribution in [0.3, 0.4) is 0 Å². The molecule has 0 saturated carbocycles. The van der Waals surface area contributed by atoms with E-state index in [1.54, 1.807) is 6.07 Å². The van der Waals surface area contributed by atoms with Gasteiger partial charge in [-0.05, 0) is 24.6 Å². The first-order chi connectivity index (χ1) is 8.19. The highest BCUT2D eigenvalue weighted by atomic mass is 16.3. The molecule has 0 unspecified atom stereocenters. The molecule has 2 aromatic rings. The van der Waals surface area contributed by atoms with Gasteiger partial charge in [0.05, 0.1) is 0 Å². The molecule has 0 radical (unpaired) electrons. The van der Waals surface area contributed by atoms with E-state index < -0.39 is 0 Å². The topological polar surface area (TPSA) is 30.2 Å². The van der Waals surface area contributed by atoms with Crippen LogP contribution in [0.4, 0.5) is 0 Å². The van der Waals surface area contributed by atoms with Crippen LogP contribution >= 0.6 is 0 Å². The monoisotopic (exact) mass is 228 g/mol. The zero-order valence-electron chi connectivity index (χ0n) is 10.2. The van der Waals surface area contributed by atoms with Crippen molar-refractivity contribution in [2.45, 2.75) is 26.7 Å². The Morgan fingerprint density at radius 3 is 2.41 bits per heavy atom. The fourth-order valence-electron chi connectivity index (χ4n) is 1.70. The second-order valence-electron chi connectivity index (χ2n) is 4.21. The lowest BCUT2D eigenvalue weighted by Gasteiger charge is -1.99. The predicted octanol–water partition coefficient (Wildman–Crippen LogP) is 3.58. The molecule has 2 nitrogen and oxygen atoms in total. The van der Waals surface area contributed by atoms with Crippen molar-refractivity contribution < 1.29 is 9.21 Å². The highest BCUT2D eigenvalue weighted by Gasteiger charge is 2.11. The first kappa shape index (κ1) is 11.6. The number of carbonyl (C=O) groups is 1. The lowest BCUT2D eigenvalue weighted by atomic mass is 10.1. The minimum Gasteiger partial charge on any atom is -0.458 e. The molecule has 2 rings (SSSR count). The molecule has 0 spiro atoms. The van der Waals surface area contributed by atoms with E-state index in [1.165, 1.54) is 5.56 Å². The molecule has 0 aliphatic rings. The van der Waals surface area contributed by atoms with Crippen molar-refractivity contribution in [1.82, 2.24) is 0 Å². The molecule has 0 N–H and O–H groups in total. The maximum Gasteiger partial charge on any atom is 0.202 e. The molecule has 0 amide bonds. The number of rotatable bonds is 4. The average Bonchev–Trinajstić information content (AvgIpc) is 2.81. The molecular weight excluding hydrogens is 212 g/mol. The van der Waals surface area contributed by atoms with Gasteiger partial charge >= 0.3 is 0 Å². The second-order valence-corrected chi connectivity index (χ2v) is 4.21. The van der Waals surface area contributed by atoms with Crippen LogP contribution in [0.1, 0.15) is 34.4 Å². The molecule has 0 aliphatic carbocycles. The summed E-state index contributed by atoms with van der Waals surface area (Å²) in [5.74, 6) is 1.35. The number of aryl methyl sites for hydroxylation is 2. The summed E-state index contributed by atoms with van der Waals surface area (Å²) in [5.41, 5.74) is 2.22. The van der Waals surface area contributed by atoms with Crippen LogP contribution < -0.4 is 0 Å². The van der Waals surface area contributed by atoms with Gasteiger partial charge in [-0.25, -0.2) is 0 Å². The van der Waals surface area contributed by atoms with Crippen molar-refractivity contribution in [2.75, 3.05) is 0 Å². The number of furan rings is 1. The molecule has 0 bridgehead atoms. The van der Waals surface area contributed by atoms with Gasteiger partial charge in [0.1, 0.15) is 5.76 Å². The van der Waals surface area contributed by atoms with Gasteiger partial charge in [-0.2, -0.15) is 0 Å². The molecule has 1 aromatic carbocycles.